The number of anilines is 6. The number of hydrogen-bond acceptors (Lipinski definition) is 11. The lowest BCUT2D eigenvalue weighted by Crippen LogP contribution is -2.65. The molecule has 0 saturated heterocycles. The van der Waals surface area contributed by atoms with Crippen LogP contribution in [0.2, 0.25) is 0 Å². The SMILES string of the molecule is Cc1cc(C)c(N2c3cc4c(cc3B3c5cc6c(cc5N(c5c(C)cc(C)cc5C)c5cc(Oc7ccccc7)cc2c53)Oc2cc(Oc3ccccc3)cc3c2B6c2cnccc2O3)B2c3cnccc3Oc3cc(Oc5ccccc5)cc(c32)O4)c(C)c1. The monoisotopic (exact) mass is 1170 g/mol. The molecule has 6 aliphatic heterocycles. The number of rotatable bonds is 8. The van der Waals surface area contributed by atoms with Gasteiger partial charge in [-0.1, -0.05) is 102 Å². The topological polar surface area (TPSA) is 96.9 Å². The van der Waals surface area contributed by atoms with Crippen LogP contribution in [-0.2, 0) is 0 Å². The second-order valence-electron chi connectivity index (χ2n) is 24.4. The molecule has 0 aliphatic carbocycles. The Labute approximate surface area is 521 Å². The Morgan fingerprint density at radius 3 is 1.02 bits per heavy atom. The molecule has 0 unspecified atom stereocenters. The Balaban J connectivity index is 0.935. The minimum atomic E-state index is -0.377. The number of pyridine rings is 2. The zero-order chi connectivity index (χ0) is 60.2. The third-order valence-electron chi connectivity index (χ3n) is 18.4. The smallest absolute Gasteiger partial charge is 0.262 e. The summed E-state index contributed by atoms with van der Waals surface area (Å²) in [6, 6.07) is 64.5. The maximum absolute atomic E-state index is 7.37. The van der Waals surface area contributed by atoms with Gasteiger partial charge in [-0.15, -0.1) is 0 Å². The highest BCUT2D eigenvalue weighted by Crippen LogP contribution is 2.52. The molecular weight excluding hydrogens is 1110 g/mol. The first-order chi connectivity index (χ1) is 44.0. The van der Waals surface area contributed by atoms with Gasteiger partial charge >= 0.3 is 0 Å². The van der Waals surface area contributed by atoms with E-state index in [4.69, 9.17) is 43.1 Å². The van der Waals surface area contributed by atoms with Crippen LogP contribution < -0.4 is 92.1 Å². The predicted molar refractivity (Wildman–Crippen MR) is 359 cm³/mol. The number of hydrogen-bond donors (Lipinski definition) is 0. The molecule has 0 bridgehead atoms. The summed E-state index contributed by atoms with van der Waals surface area (Å²) in [6.07, 6.45) is 7.47. The van der Waals surface area contributed by atoms with Gasteiger partial charge in [0.25, 0.3) is 20.1 Å². The summed E-state index contributed by atoms with van der Waals surface area (Å²) >= 11 is 0. The Morgan fingerprint density at radius 1 is 0.300 bits per heavy atom. The maximum Gasteiger partial charge on any atom is 0.262 e. The van der Waals surface area contributed by atoms with E-state index in [-0.39, 0.29) is 20.1 Å². The fourth-order valence-electron chi connectivity index (χ4n) is 15.2. The quantitative estimate of drug-likeness (QED) is 0.136. The van der Waals surface area contributed by atoms with E-state index in [1.54, 1.807) is 12.4 Å². The standard InChI is InChI=1S/C76H53B3N4O7/c1-42-26-44(3)75(45(4)27-42)82-60-38-66-56(78-58-40-80-24-22-64(58)87-68-32-52(34-70(89-66)73(68)78)85-49-18-12-8-13-19-49)36-54(60)77-55-37-57-67(90-71-35-53(86-50-20-14-9-15-21-50)33-69-74(71)79(57)59-41-81-25-23-65(59)88-69)39-61(55)83(76-46(5)28-43(2)29-47(76)6)63-31-51(30-62(82)72(63)77)84-48-16-10-7-11-17-48/h7-41H,1-6H3. The Morgan fingerprint density at radius 2 is 0.644 bits per heavy atom. The molecule has 2 aromatic heterocycles. The summed E-state index contributed by atoms with van der Waals surface area (Å²) in [5, 5.41) is 0. The molecule has 14 heteroatoms. The lowest BCUT2D eigenvalue weighted by atomic mass is 9.29. The van der Waals surface area contributed by atoms with E-state index in [1.807, 2.05) is 140 Å². The average Bonchev–Trinajstić information content (AvgIpc) is 0.690. The van der Waals surface area contributed by atoms with Crippen molar-refractivity contribution in [2.45, 2.75) is 41.5 Å². The Hall–Kier alpha value is -11.1. The number of fused-ring (bicyclic) bond motifs is 12. The van der Waals surface area contributed by atoms with Crippen molar-refractivity contribution in [1.29, 1.82) is 0 Å². The van der Waals surface area contributed by atoms with Crippen LogP contribution in [0.3, 0.4) is 0 Å². The van der Waals surface area contributed by atoms with Crippen molar-refractivity contribution in [2.75, 3.05) is 9.80 Å². The van der Waals surface area contributed by atoms with Crippen LogP contribution in [0.15, 0.2) is 213 Å². The van der Waals surface area contributed by atoms with E-state index >= 15 is 0 Å². The van der Waals surface area contributed by atoms with Crippen LogP contribution in [0, 0.1) is 41.5 Å². The zero-order valence-electron chi connectivity index (χ0n) is 50.1. The van der Waals surface area contributed by atoms with Gasteiger partial charge < -0.3 is 43.0 Å². The van der Waals surface area contributed by atoms with Crippen LogP contribution in [0.1, 0.15) is 33.4 Å². The molecular formula is C76H53B3N4O7. The molecule has 0 radical (unpaired) electrons. The molecule has 0 fully saturated rings. The van der Waals surface area contributed by atoms with E-state index in [0.717, 1.165) is 123 Å². The minimum absolute atomic E-state index is 0.322. The molecule has 0 N–H and O–H groups in total. The number of nitrogens with zero attached hydrogens (tertiary/aromatic N) is 4. The number of aromatic nitrogens is 2. The Kier molecular flexibility index (Phi) is 11.4. The fourth-order valence-corrected chi connectivity index (χ4v) is 15.2. The van der Waals surface area contributed by atoms with Crippen molar-refractivity contribution in [1.82, 2.24) is 9.97 Å². The molecule has 428 valence electrons. The van der Waals surface area contributed by atoms with Gasteiger partial charge in [-0.05, 0) is 151 Å². The molecule has 8 heterocycles. The van der Waals surface area contributed by atoms with Gasteiger partial charge in [0.1, 0.15) is 80.5 Å². The molecule has 0 saturated carbocycles. The van der Waals surface area contributed by atoms with Gasteiger partial charge in [0.2, 0.25) is 0 Å². The molecule has 0 spiro atoms. The van der Waals surface area contributed by atoms with Crippen LogP contribution >= 0.6 is 0 Å². The van der Waals surface area contributed by atoms with E-state index in [1.165, 1.54) is 11.1 Å². The highest BCUT2D eigenvalue weighted by molar-refractivity contribution is 7.03. The minimum Gasteiger partial charge on any atom is -0.458 e. The molecule has 10 aromatic carbocycles. The summed E-state index contributed by atoms with van der Waals surface area (Å²) in [7, 11) is 0. The predicted octanol–water partition coefficient (Wildman–Crippen LogP) is 13.2. The first-order valence-electron chi connectivity index (χ1n) is 30.5. The van der Waals surface area contributed by atoms with Crippen molar-refractivity contribution in [3.05, 3.63) is 246 Å². The number of ether oxygens (including phenoxy) is 7. The maximum atomic E-state index is 7.37. The fraction of sp³-hybridized carbons (Fsp3) is 0.0789. The van der Waals surface area contributed by atoms with Crippen LogP contribution in [-0.4, -0.2) is 30.1 Å². The van der Waals surface area contributed by atoms with Crippen LogP contribution in [0.5, 0.6) is 80.5 Å². The van der Waals surface area contributed by atoms with Crippen LogP contribution in [0.25, 0.3) is 0 Å². The van der Waals surface area contributed by atoms with Gasteiger partial charge in [0, 0.05) is 107 Å². The van der Waals surface area contributed by atoms with Gasteiger partial charge in [0.15, 0.2) is 0 Å². The average molecular weight is 1170 g/mol. The third kappa shape index (κ3) is 8.03. The Bertz CT molecular complexity index is 4730. The van der Waals surface area contributed by atoms with Crippen molar-refractivity contribution < 1.29 is 33.2 Å². The summed E-state index contributed by atoms with van der Waals surface area (Å²) < 4.78 is 48.7. The van der Waals surface area contributed by atoms with Crippen molar-refractivity contribution >= 4 is 103 Å². The summed E-state index contributed by atoms with van der Waals surface area (Å²) in [6.45, 7) is 12.2. The van der Waals surface area contributed by atoms with Crippen molar-refractivity contribution in [3.8, 4) is 80.5 Å². The highest BCUT2D eigenvalue weighted by Gasteiger charge is 2.50. The second-order valence-corrected chi connectivity index (χ2v) is 24.4. The van der Waals surface area contributed by atoms with E-state index < -0.39 is 0 Å². The first-order valence-corrected chi connectivity index (χ1v) is 30.5. The van der Waals surface area contributed by atoms with Gasteiger partial charge in [0.05, 0.1) is 11.4 Å². The lowest BCUT2D eigenvalue weighted by molar-refractivity contribution is 0.442. The third-order valence-corrected chi connectivity index (χ3v) is 18.4. The second kappa shape index (κ2) is 19.7. The summed E-state index contributed by atoms with van der Waals surface area (Å²) in [4.78, 5) is 14.5. The normalized spacial score (nSPS) is 13.5. The molecule has 0 amide bonds. The van der Waals surface area contributed by atoms with Gasteiger partial charge in [-0.25, -0.2) is 0 Å². The number of para-hydroxylation sites is 3. The van der Waals surface area contributed by atoms with E-state index in [9.17, 15) is 0 Å². The molecule has 12 aromatic rings. The zero-order valence-corrected chi connectivity index (χ0v) is 50.1. The van der Waals surface area contributed by atoms with Crippen LogP contribution in [0.4, 0.5) is 34.1 Å². The molecule has 18 rings (SSSR count). The molecule has 0 atom stereocenters. The summed E-state index contributed by atoms with van der Waals surface area (Å²) in [5.41, 5.74) is 21.9. The largest absolute Gasteiger partial charge is 0.458 e. The molecule has 11 nitrogen and oxygen atoms in total. The van der Waals surface area contributed by atoms with E-state index in [0.29, 0.717) is 63.2 Å². The van der Waals surface area contributed by atoms with Crippen molar-refractivity contribution in [3.63, 3.8) is 0 Å². The van der Waals surface area contributed by atoms with Gasteiger partial charge in [-0.3, -0.25) is 9.97 Å². The number of aryl methyl sites for hydroxylation is 6. The first kappa shape index (κ1) is 52.1. The summed E-state index contributed by atoms with van der Waals surface area (Å²) in [5.74, 6) is 9.51. The lowest BCUT2D eigenvalue weighted by Gasteiger charge is -2.46. The van der Waals surface area contributed by atoms with Gasteiger partial charge in [-0.2, -0.15) is 0 Å². The van der Waals surface area contributed by atoms with E-state index in [2.05, 4.69) is 112 Å². The highest BCUT2D eigenvalue weighted by atomic mass is 16.5. The molecule has 90 heavy (non-hydrogen) atoms. The van der Waals surface area contributed by atoms with Crippen molar-refractivity contribution in [2.24, 2.45) is 0 Å². The molecule has 6 aliphatic rings. The number of benzene rings is 10.